The van der Waals surface area contributed by atoms with Gasteiger partial charge in [0.1, 0.15) is 5.56 Å². The van der Waals surface area contributed by atoms with E-state index in [4.69, 9.17) is 0 Å². The number of carbonyl (C=O) groups is 1. The van der Waals surface area contributed by atoms with E-state index in [1.807, 2.05) is 23.1 Å². The highest BCUT2D eigenvalue weighted by Gasteiger charge is 2.36. The number of fused-ring (bicyclic) bond motifs is 1. The molecule has 2 aliphatic rings. The Hall–Kier alpha value is -2.43. The van der Waals surface area contributed by atoms with Gasteiger partial charge in [0, 0.05) is 18.8 Å². The van der Waals surface area contributed by atoms with E-state index >= 15 is 0 Å². The third-order valence-electron chi connectivity index (χ3n) is 5.58. The Morgan fingerprint density at radius 3 is 2.72 bits per heavy atom. The molecule has 130 valence electrons. The largest absolute Gasteiger partial charge is 0.335 e. The van der Waals surface area contributed by atoms with Crippen molar-refractivity contribution in [3.05, 3.63) is 52.4 Å². The van der Waals surface area contributed by atoms with Crippen LogP contribution in [0.3, 0.4) is 0 Å². The van der Waals surface area contributed by atoms with Crippen LogP contribution < -0.4 is 5.56 Å². The van der Waals surface area contributed by atoms with Crippen LogP contribution in [0.5, 0.6) is 0 Å². The lowest BCUT2D eigenvalue weighted by molar-refractivity contribution is 0.0389. The minimum atomic E-state index is -0.328. The van der Waals surface area contributed by atoms with Gasteiger partial charge >= 0.3 is 0 Å². The summed E-state index contributed by atoms with van der Waals surface area (Å²) in [6.07, 6.45) is 8.66. The number of aromatic nitrogens is 2. The maximum Gasteiger partial charge on any atom is 0.261 e. The zero-order chi connectivity index (χ0) is 17.2. The zero-order valence-corrected chi connectivity index (χ0v) is 14.3. The predicted molar refractivity (Wildman–Crippen MR) is 96.3 cm³/mol. The highest BCUT2D eigenvalue weighted by molar-refractivity contribution is 5.94. The van der Waals surface area contributed by atoms with Crippen molar-refractivity contribution in [3.63, 3.8) is 0 Å². The first-order valence-corrected chi connectivity index (χ1v) is 9.20. The van der Waals surface area contributed by atoms with E-state index in [-0.39, 0.29) is 17.0 Å². The van der Waals surface area contributed by atoms with Gasteiger partial charge in [-0.15, -0.1) is 0 Å². The van der Waals surface area contributed by atoms with Gasteiger partial charge in [-0.1, -0.05) is 18.9 Å². The molecule has 2 fully saturated rings. The second kappa shape index (κ2) is 6.82. The van der Waals surface area contributed by atoms with E-state index in [1.54, 1.807) is 18.3 Å². The molecular weight excluding hydrogens is 314 g/mol. The molecule has 2 atom stereocenters. The van der Waals surface area contributed by atoms with Crippen LogP contribution in [0.1, 0.15) is 48.9 Å². The van der Waals surface area contributed by atoms with E-state index in [1.165, 1.54) is 25.7 Å². The fourth-order valence-corrected chi connectivity index (χ4v) is 4.35. The first-order valence-electron chi connectivity index (χ1n) is 9.20. The monoisotopic (exact) mass is 337 g/mol. The number of piperidine rings is 1. The highest BCUT2D eigenvalue weighted by atomic mass is 16.2. The van der Waals surface area contributed by atoms with Crippen LogP contribution in [0.4, 0.5) is 0 Å². The van der Waals surface area contributed by atoms with Crippen molar-refractivity contribution in [3.8, 4) is 11.4 Å². The summed E-state index contributed by atoms with van der Waals surface area (Å²) in [5, 5.41) is 0. The first kappa shape index (κ1) is 16.1. The summed E-state index contributed by atoms with van der Waals surface area (Å²) in [6, 6.07) is 9.28. The molecule has 0 aromatic carbocycles. The molecule has 2 aromatic heterocycles. The number of aromatic amines is 1. The van der Waals surface area contributed by atoms with Crippen molar-refractivity contribution in [2.45, 2.75) is 44.6 Å². The fourth-order valence-electron chi connectivity index (χ4n) is 4.35. The number of pyridine rings is 2. The second-order valence-electron chi connectivity index (χ2n) is 7.08. The topological polar surface area (TPSA) is 66.1 Å². The Morgan fingerprint density at radius 1 is 1.08 bits per heavy atom. The van der Waals surface area contributed by atoms with Crippen LogP contribution in [0.15, 0.2) is 41.3 Å². The van der Waals surface area contributed by atoms with Gasteiger partial charge < -0.3 is 9.88 Å². The molecule has 5 heteroatoms. The van der Waals surface area contributed by atoms with Crippen molar-refractivity contribution in [1.29, 1.82) is 0 Å². The van der Waals surface area contributed by atoms with Gasteiger partial charge in [-0.2, -0.15) is 0 Å². The number of likely N-dealkylation sites (tertiary alicyclic amines) is 1. The van der Waals surface area contributed by atoms with E-state index < -0.39 is 0 Å². The number of nitrogens with zero attached hydrogens (tertiary/aromatic N) is 2. The molecule has 0 radical (unpaired) electrons. The van der Waals surface area contributed by atoms with Gasteiger partial charge in [0.25, 0.3) is 11.5 Å². The molecule has 3 heterocycles. The van der Waals surface area contributed by atoms with Crippen molar-refractivity contribution >= 4 is 5.91 Å². The molecule has 1 N–H and O–H groups in total. The number of hydrogen-bond acceptors (Lipinski definition) is 3. The summed E-state index contributed by atoms with van der Waals surface area (Å²) >= 11 is 0. The van der Waals surface area contributed by atoms with Crippen LogP contribution in [0.2, 0.25) is 0 Å². The van der Waals surface area contributed by atoms with Crippen LogP contribution in [0.25, 0.3) is 11.4 Å². The quantitative estimate of drug-likeness (QED) is 0.915. The lowest BCUT2D eigenvalue weighted by Crippen LogP contribution is -2.50. The van der Waals surface area contributed by atoms with Crippen molar-refractivity contribution in [2.75, 3.05) is 6.54 Å². The summed E-state index contributed by atoms with van der Waals surface area (Å²) in [5.41, 5.74) is 1.25. The highest BCUT2D eigenvalue weighted by Crippen LogP contribution is 2.35. The predicted octanol–water partition coefficient (Wildman–Crippen LogP) is 3.23. The van der Waals surface area contributed by atoms with Gasteiger partial charge in [-0.25, -0.2) is 0 Å². The molecule has 2 aromatic rings. The molecule has 0 bridgehead atoms. The minimum Gasteiger partial charge on any atom is -0.335 e. The fraction of sp³-hybridized carbons (Fsp3) is 0.450. The van der Waals surface area contributed by atoms with Crippen LogP contribution >= 0.6 is 0 Å². The third-order valence-corrected chi connectivity index (χ3v) is 5.58. The van der Waals surface area contributed by atoms with Crippen LogP contribution in [-0.2, 0) is 0 Å². The Labute approximate surface area is 147 Å². The molecule has 0 unspecified atom stereocenters. The minimum absolute atomic E-state index is 0.120. The molecule has 5 nitrogen and oxygen atoms in total. The van der Waals surface area contributed by atoms with Crippen molar-refractivity contribution in [2.24, 2.45) is 5.92 Å². The molecule has 4 rings (SSSR count). The Morgan fingerprint density at radius 2 is 1.92 bits per heavy atom. The van der Waals surface area contributed by atoms with Crippen LogP contribution in [0, 0.1) is 5.92 Å². The van der Waals surface area contributed by atoms with E-state index in [2.05, 4.69) is 9.97 Å². The number of nitrogens with one attached hydrogen (secondary N) is 1. The maximum atomic E-state index is 13.0. The zero-order valence-electron chi connectivity index (χ0n) is 14.3. The van der Waals surface area contributed by atoms with E-state index in [9.17, 15) is 9.59 Å². The SMILES string of the molecule is O=C(c1ccc(-c2ccccn2)[nH]c1=O)N1CCC[C@H]2CCCC[C@@H]21. The number of hydrogen-bond donors (Lipinski definition) is 1. The average molecular weight is 337 g/mol. The molecule has 1 aliphatic carbocycles. The summed E-state index contributed by atoms with van der Waals surface area (Å²) < 4.78 is 0. The van der Waals surface area contributed by atoms with Gasteiger partial charge in [0.05, 0.1) is 11.4 Å². The molecule has 0 spiro atoms. The average Bonchev–Trinajstić information content (AvgIpc) is 2.67. The van der Waals surface area contributed by atoms with Gasteiger partial charge in [0.15, 0.2) is 0 Å². The van der Waals surface area contributed by atoms with Gasteiger partial charge in [0.2, 0.25) is 0 Å². The lowest BCUT2D eigenvalue weighted by Gasteiger charge is -2.44. The smallest absolute Gasteiger partial charge is 0.261 e. The normalized spacial score (nSPS) is 23.1. The number of amides is 1. The lowest BCUT2D eigenvalue weighted by atomic mass is 9.78. The summed E-state index contributed by atoms with van der Waals surface area (Å²) in [7, 11) is 0. The summed E-state index contributed by atoms with van der Waals surface area (Å²) in [6.45, 7) is 0.765. The maximum absolute atomic E-state index is 13.0. The van der Waals surface area contributed by atoms with Crippen LogP contribution in [-0.4, -0.2) is 33.4 Å². The van der Waals surface area contributed by atoms with Crippen molar-refractivity contribution in [1.82, 2.24) is 14.9 Å². The molecule has 1 amide bonds. The summed E-state index contributed by atoms with van der Waals surface area (Å²) in [4.78, 5) is 34.6. The molecule has 1 saturated heterocycles. The number of H-pyrrole nitrogens is 1. The number of carbonyl (C=O) groups excluding carboxylic acids is 1. The third kappa shape index (κ3) is 3.11. The first-order chi connectivity index (χ1) is 12.2. The Kier molecular flexibility index (Phi) is 4.38. The second-order valence-corrected chi connectivity index (χ2v) is 7.08. The molecule has 25 heavy (non-hydrogen) atoms. The van der Waals surface area contributed by atoms with E-state index in [0.29, 0.717) is 23.3 Å². The molecule has 1 saturated carbocycles. The summed E-state index contributed by atoms with van der Waals surface area (Å²) in [5.74, 6) is 0.490. The number of rotatable bonds is 2. The standard InChI is InChI=1S/C20H23N3O2/c24-19-15(10-11-17(22-19)16-8-3-4-12-21-16)20(25)23-13-5-7-14-6-1-2-9-18(14)23/h3-4,8,10-12,14,18H,1-2,5-7,9,13H2,(H,22,24)/t14-,18+/m1/s1. The van der Waals surface area contributed by atoms with Crippen molar-refractivity contribution < 1.29 is 4.79 Å². The van der Waals surface area contributed by atoms with Gasteiger partial charge in [-0.3, -0.25) is 14.6 Å². The molecular formula is C20H23N3O2. The van der Waals surface area contributed by atoms with E-state index in [0.717, 1.165) is 19.4 Å². The molecule has 1 aliphatic heterocycles. The Balaban J connectivity index is 1.61. The van der Waals surface area contributed by atoms with Gasteiger partial charge in [-0.05, 0) is 55.9 Å². The Bertz CT molecular complexity index is 813.